The maximum absolute atomic E-state index is 11.0. The molecule has 0 saturated heterocycles. The number of imidazole rings is 1. The zero-order valence-electron chi connectivity index (χ0n) is 20.5. The molecule has 0 bridgehead atoms. The zero-order chi connectivity index (χ0) is 25.2. The Kier molecular flexibility index (Phi) is 6.23. The van der Waals surface area contributed by atoms with Crippen molar-refractivity contribution in [3.63, 3.8) is 0 Å². The van der Waals surface area contributed by atoms with Gasteiger partial charge in [-0.3, -0.25) is 14.8 Å². The minimum absolute atomic E-state index is 0.299. The van der Waals surface area contributed by atoms with E-state index in [1.165, 1.54) is 5.56 Å². The Morgan fingerprint density at radius 3 is 2.30 bits per heavy atom. The molecule has 0 atom stereocenters. The summed E-state index contributed by atoms with van der Waals surface area (Å²) in [5, 5.41) is 9.04. The maximum Gasteiger partial charge on any atom is 0.303 e. The molecule has 37 heavy (non-hydrogen) atoms. The first-order valence-corrected chi connectivity index (χ1v) is 12.8. The highest BCUT2D eigenvalue weighted by Crippen LogP contribution is 2.37. The summed E-state index contributed by atoms with van der Waals surface area (Å²) in [5.41, 5.74) is 8.14. The molecule has 0 amide bonds. The van der Waals surface area contributed by atoms with Crippen molar-refractivity contribution >= 4 is 17.0 Å². The van der Waals surface area contributed by atoms with Crippen LogP contribution in [-0.4, -0.2) is 31.0 Å². The Hall–Kier alpha value is -4.32. The molecule has 2 aromatic carbocycles. The van der Waals surface area contributed by atoms with Gasteiger partial charge in [0.05, 0.1) is 22.4 Å². The lowest BCUT2D eigenvalue weighted by Gasteiger charge is -2.28. The number of carbonyl (C=O) groups is 1. The van der Waals surface area contributed by atoms with Gasteiger partial charge < -0.3 is 10.1 Å². The molecule has 6 nitrogen and oxygen atoms in total. The summed E-state index contributed by atoms with van der Waals surface area (Å²) < 4.78 is 0. The van der Waals surface area contributed by atoms with Crippen LogP contribution in [-0.2, 0) is 4.79 Å². The molecule has 5 aromatic rings. The average molecular weight is 489 g/mol. The third-order valence-electron chi connectivity index (χ3n) is 7.47. The lowest BCUT2D eigenvalue weighted by molar-refractivity contribution is -0.138. The van der Waals surface area contributed by atoms with Crippen LogP contribution in [0.2, 0.25) is 0 Å². The third-order valence-corrected chi connectivity index (χ3v) is 7.47. The number of nitrogens with one attached hydrogen (secondary N) is 1. The summed E-state index contributed by atoms with van der Waals surface area (Å²) in [6, 6.07) is 24.8. The summed E-state index contributed by atoms with van der Waals surface area (Å²) in [5.74, 6) is 0.952. The van der Waals surface area contributed by atoms with Crippen molar-refractivity contribution in [1.82, 2.24) is 19.9 Å². The average Bonchev–Trinajstić information content (AvgIpc) is 3.38. The first-order valence-electron chi connectivity index (χ1n) is 12.8. The van der Waals surface area contributed by atoms with E-state index in [4.69, 9.17) is 15.1 Å². The molecule has 1 aliphatic carbocycles. The van der Waals surface area contributed by atoms with Gasteiger partial charge in [0.1, 0.15) is 5.82 Å². The lowest BCUT2D eigenvalue weighted by Crippen LogP contribution is -2.16. The maximum atomic E-state index is 11.0. The Morgan fingerprint density at radius 2 is 1.59 bits per heavy atom. The number of aromatic nitrogens is 4. The van der Waals surface area contributed by atoms with Gasteiger partial charge in [-0.25, -0.2) is 4.98 Å². The predicted molar refractivity (Wildman–Crippen MR) is 145 cm³/mol. The molecule has 0 radical (unpaired) electrons. The van der Waals surface area contributed by atoms with Crippen LogP contribution in [0.15, 0.2) is 85.2 Å². The highest BCUT2D eigenvalue weighted by Gasteiger charge is 2.24. The fourth-order valence-electron chi connectivity index (χ4n) is 5.42. The number of hydrogen-bond donors (Lipinski definition) is 2. The topological polar surface area (TPSA) is 91.8 Å². The molecular formula is C31H28N4O2. The van der Waals surface area contributed by atoms with Gasteiger partial charge >= 0.3 is 5.97 Å². The standard InChI is InChI=1S/C31H28N4O2/c36-30(37)17-20-4-6-21(7-5-20)22-8-10-23(11-9-22)27-14-13-25(19-33-27)31-34-28-15-12-24(18-29(28)35-31)26-3-1-2-16-32-26/h1-3,8-16,18-21H,4-7,17H2,(H,34,35)(H,36,37). The number of hydrogen-bond acceptors (Lipinski definition) is 4. The first-order chi connectivity index (χ1) is 18.1. The van der Waals surface area contributed by atoms with E-state index in [1.54, 1.807) is 6.20 Å². The number of pyridine rings is 2. The highest BCUT2D eigenvalue weighted by atomic mass is 16.4. The normalized spacial score (nSPS) is 17.6. The number of H-pyrrole nitrogens is 1. The molecular weight excluding hydrogens is 460 g/mol. The number of benzene rings is 2. The SMILES string of the molecule is O=C(O)CC1CCC(c2ccc(-c3ccc(-c4nc5ccc(-c6ccccn6)cc5[nH]4)cn3)cc2)CC1. The van der Waals surface area contributed by atoms with Crippen LogP contribution in [0.3, 0.4) is 0 Å². The fraction of sp³-hybridized carbons (Fsp3) is 0.226. The summed E-state index contributed by atoms with van der Waals surface area (Å²) in [6.07, 6.45) is 8.07. The van der Waals surface area contributed by atoms with Gasteiger partial charge in [-0.15, -0.1) is 0 Å². The molecule has 1 aliphatic rings. The van der Waals surface area contributed by atoms with Crippen LogP contribution in [0.5, 0.6) is 0 Å². The van der Waals surface area contributed by atoms with Crippen LogP contribution in [0.25, 0.3) is 44.9 Å². The largest absolute Gasteiger partial charge is 0.481 e. The number of fused-ring (bicyclic) bond motifs is 1. The lowest BCUT2D eigenvalue weighted by atomic mass is 9.77. The third kappa shape index (κ3) is 5.00. The second-order valence-corrected chi connectivity index (χ2v) is 9.90. The molecule has 0 unspecified atom stereocenters. The number of nitrogens with zero attached hydrogens (tertiary/aromatic N) is 3. The van der Waals surface area contributed by atoms with E-state index in [2.05, 4.69) is 46.4 Å². The Bertz CT molecular complexity index is 1520. The van der Waals surface area contributed by atoms with E-state index >= 15 is 0 Å². The van der Waals surface area contributed by atoms with Crippen molar-refractivity contribution in [1.29, 1.82) is 0 Å². The van der Waals surface area contributed by atoms with Crippen molar-refractivity contribution in [2.24, 2.45) is 5.92 Å². The second-order valence-electron chi connectivity index (χ2n) is 9.90. The molecule has 0 aliphatic heterocycles. The number of carboxylic acids is 1. The molecule has 0 spiro atoms. The quantitative estimate of drug-likeness (QED) is 0.266. The predicted octanol–water partition coefficient (Wildman–Crippen LogP) is 7.10. The van der Waals surface area contributed by atoms with E-state index in [0.29, 0.717) is 18.3 Å². The van der Waals surface area contributed by atoms with Crippen molar-refractivity contribution in [2.75, 3.05) is 0 Å². The van der Waals surface area contributed by atoms with E-state index in [-0.39, 0.29) is 0 Å². The van der Waals surface area contributed by atoms with Gasteiger partial charge in [0.25, 0.3) is 0 Å². The van der Waals surface area contributed by atoms with E-state index in [9.17, 15) is 4.79 Å². The van der Waals surface area contributed by atoms with Gasteiger partial charge in [-0.1, -0.05) is 36.4 Å². The zero-order valence-corrected chi connectivity index (χ0v) is 20.5. The van der Waals surface area contributed by atoms with Crippen LogP contribution >= 0.6 is 0 Å². The molecule has 2 N–H and O–H groups in total. The molecule has 6 heteroatoms. The Labute approximate surface area is 215 Å². The first kappa shape index (κ1) is 23.1. The van der Waals surface area contributed by atoms with E-state index in [1.807, 2.05) is 42.6 Å². The summed E-state index contributed by atoms with van der Waals surface area (Å²) in [6.45, 7) is 0. The van der Waals surface area contributed by atoms with Crippen molar-refractivity contribution in [3.8, 4) is 33.9 Å². The number of aromatic amines is 1. The van der Waals surface area contributed by atoms with E-state index < -0.39 is 5.97 Å². The second kappa shape index (κ2) is 9.97. The van der Waals surface area contributed by atoms with Crippen molar-refractivity contribution in [3.05, 3.63) is 90.8 Å². The highest BCUT2D eigenvalue weighted by molar-refractivity contribution is 5.84. The number of carboxylic acid groups (broad SMARTS) is 1. The van der Waals surface area contributed by atoms with Crippen LogP contribution < -0.4 is 0 Å². The van der Waals surface area contributed by atoms with Crippen LogP contribution in [0.4, 0.5) is 0 Å². The summed E-state index contributed by atoms with van der Waals surface area (Å²) in [4.78, 5) is 28.3. The van der Waals surface area contributed by atoms with Crippen molar-refractivity contribution in [2.45, 2.75) is 38.0 Å². The minimum atomic E-state index is -0.679. The number of rotatable bonds is 6. The van der Waals surface area contributed by atoms with Gasteiger partial charge in [0, 0.05) is 35.5 Å². The Morgan fingerprint density at radius 1 is 0.838 bits per heavy atom. The molecule has 1 fully saturated rings. The smallest absolute Gasteiger partial charge is 0.303 e. The van der Waals surface area contributed by atoms with E-state index in [0.717, 1.165) is 70.6 Å². The molecule has 3 aromatic heterocycles. The van der Waals surface area contributed by atoms with Gasteiger partial charge in [0.2, 0.25) is 0 Å². The van der Waals surface area contributed by atoms with Gasteiger partial charge in [0.15, 0.2) is 0 Å². The molecule has 1 saturated carbocycles. The van der Waals surface area contributed by atoms with Crippen LogP contribution in [0.1, 0.15) is 43.6 Å². The summed E-state index contributed by atoms with van der Waals surface area (Å²) in [7, 11) is 0. The number of aliphatic carboxylic acids is 1. The summed E-state index contributed by atoms with van der Waals surface area (Å²) >= 11 is 0. The van der Waals surface area contributed by atoms with Crippen LogP contribution in [0, 0.1) is 5.92 Å². The van der Waals surface area contributed by atoms with Gasteiger partial charge in [-0.05, 0) is 79.5 Å². The Balaban J connectivity index is 1.15. The molecule has 3 heterocycles. The molecule has 184 valence electrons. The molecule has 6 rings (SSSR count). The fourth-order valence-corrected chi connectivity index (χ4v) is 5.42. The van der Waals surface area contributed by atoms with Gasteiger partial charge in [-0.2, -0.15) is 0 Å². The minimum Gasteiger partial charge on any atom is -0.481 e. The van der Waals surface area contributed by atoms with Crippen molar-refractivity contribution < 1.29 is 9.90 Å². The monoisotopic (exact) mass is 488 g/mol.